The first-order valence-electron chi connectivity index (χ1n) is 10.8. The van der Waals surface area contributed by atoms with Gasteiger partial charge in [-0.3, -0.25) is 5.32 Å². The highest BCUT2D eigenvalue weighted by molar-refractivity contribution is 7.89. The van der Waals surface area contributed by atoms with Gasteiger partial charge in [0.1, 0.15) is 18.0 Å². The molecule has 2 saturated heterocycles. The number of carbonyl (C=O) groups excluding carboxylic acids is 1. The van der Waals surface area contributed by atoms with Crippen molar-refractivity contribution >= 4 is 32.6 Å². The minimum absolute atomic E-state index is 0.111. The number of carbonyl (C=O) groups is 1. The van der Waals surface area contributed by atoms with Crippen LogP contribution in [0.1, 0.15) is 0 Å². The Morgan fingerprint density at radius 1 is 0.941 bits per heavy atom. The Morgan fingerprint density at radius 2 is 1.68 bits per heavy atom. The van der Waals surface area contributed by atoms with Gasteiger partial charge in [-0.25, -0.2) is 17.9 Å². The number of sulfonamides is 1. The lowest BCUT2D eigenvalue weighted by molar-refractivity contribution is 0.00883. The molecule has 0 radical (unpaired) electrons. The van der Waals surface area contributed by atoms with E-state index in [-0.39, 0.29) is 18.1 Å². The zero-order chi connectivity index (χ0) is 23.7. The molecule has 0 aromatic heterocycles. The predicted molar refractivity (Wildman–Crippen MR) is 124 cm³/mol. The van der Waals surface area contributed by atoms with Crippen LogP contribution in [0.4, 0.5) is 10.5 Å². The number of ether oxygens (including phenoxy) is 4. The molecule has 5 rings (SSSR count). The van der Waals surface area contributed by atoms with E-state index in [1.165, 1.54) is 0 Å². The van der Waals surface area contributed by atoms with Crippen LogP contribution in [0, 0.1) is 0 Å². The number of nitrogens with one attached hydrogen (secondary N) is 2. The van der Waals surface area contributed by atoms with E-state index in [1.807, 2.05) is 24.3 Å². The van der Waals surface area contributed by atoms with Crippen LogP contribution in [0.5, 0.6) is 5.75 Å². The second-order valence-corrected chi connectivity index (χ2v) is 9.84. The van der Waals surface area contributed by atoms with Crippen molar-refractivity contribution in [3.8, 4) is 5.75 Å². The van der Waals surface area contributed by atoms with Gasteiger partial charge in [0.05, 0.1) is 31.3 Å². The van der Waals surface area contributed by atoms with Crippen LogP contribution in [-0.2, 0) is 24.2 Å². The average molecular weight is 485 g/mol. The highest BCUT2D eigenvalue weighted by Gasteiger charge is 2.50. The van der Waals surface area contributed by atoms with Gasteiger partial charge in [-0.2, -0.15) is 0 Å². The van der Waals surface area contributed by atoms with Crippen LogP contribution in [-0.4, -0.2) is 59.2 Å². The van der Waals surface area contributed by atoms with Gasteiger partial charge in [-0.15, -0.1) is 0 Å². The summed E-state index contributed by atoms with van der Waals surface area (Å²) in [6, 6.07) is 18.8. The van der Waals surface area contributed by atoms with Crippen molar-refractivity contribution in [3.63, 3.8) is 0 Å². The number of anilines is 1. The first-order valence-corrected chi connectivity index (χ1v) is 12.3. The maximum atomic E-state index is 13.0. The second-order valence-electron chi connectivity index (χ2n) is 8.13. The molecule has 9 nitrogen and oxygen atoms in total. The Morgan fingerprint density at radius 3 is 2.44 bits per heavy atom. The molecule has 178 valence electrons. The first kappa shape index (κ1) is 22.6. The third-order valence-corrected chi connectivity index (χ3v) is 7.43. The van der Waals surface area contributed by atoms with E-state index in [1.54, 1.807) is 49.6 Å². The molecule has 0 bridgehead atoms. The minimum Gasteiger partial charge on any atom is -0.497 e. The van der Waals surface area contributed by atoms with Crippen molar-refractivity contribution in [2.45, 2.75) is 29.2 Å². The summed E-state index contributed by atoms with van der Waals surface area (Å²) in [5, 5.41) is 4.44. The molecular weight excluding hydrogens is 460 g/mol. The largest absolute Gasteiger partial charge is 0.497 e. The topological polar surface area (TPSA) is 112 Å². The molecule has 3 aromatic carbocycles. The highest BCUT2D eigenvalue weighted by Crippen LogP contribution is 2.30. The van der Waals surface area contributed by atoms with Crippen molar-refractivity contribution in [2.75, 3.05) is 25.6 Å². The van der Waals surface area contributed by atoms with E-state index in [9.17, 15) is 13.2 Å². The smallest absolute Gasteiger partial charge is 0.412 e. The summed E-state index contributed by atoms with van der Waals surface area (Å²) in [7, 11) is -2.24. The fourth-order valence-electron chi connectivity index (χ4n) is 4.23. The lowest BCUT2D eigenvalue weighted by Gasteiger charge is -2.18. The third kappa shape index (κ3) is 4.58. The number of hydrogen-bond donors (Lipinski definition) is 2. The minimum atomic E-state index is -3.80. The van der Waals surface area contributed by atoms with E-state index in [2.05, 4.69) is 10.0 Å². The van der Waals surface area contributed by atoms with Crippen molar-refractivity contribution in [3.05, 3.63) is 66.7 Å². The van der Waals surface area contributed by atoms with Crippen molar-refractivity contribution in [1.29, 1.82) is 0 Å². The van der Waals surface area contributed by atoms with Crippen LogP contribution < -0.4 is 14.8 Å². The van der Waals surface area contributed by atoms with E-state index in [0.29, 0.717) is 11.4 Å². The molecule has 0 saturated carbocycles. The summed E-state index contributed by atoms with van der Waals surface area (Å²) < 4.78 is 50.8. The predicted octanol–water partition coefficient (Wildman–Crippen LogP) is 2.91. The molecule has 34 heavy (non-hydrogen) atoms. The van der Waals surface area contributed by atoms with Gasteiger partial charge in [0, 0.05) is 5.69 Å². The molecule has 4 unspecified atom stereocenters. The number of benzene rings is 3. The molecule has 2 fully saturated rings. The number of hydrogen-bond acceptors (Lipinski definition) is 7. The summed E-state index contributed by atoms with van der Waals surface area (Å²) in [6.45, 7) is 0.224. The van der Waals surface area contributed by atoms with E-state index in [4.69, 9.17) is 18.9 Å². The van der Waals surface area contributed by atoms with Gasteiger partial charge in [-0.05, 0) is 47.2 Å². The maximum absolute atomic E-state index is 13.0. The standard InChI is InChI=1S/C24H24N2O7S/c1-30-18-9-7-17(8-10-18)25-24(27)33-21-14-32-22-20(13-31-23(21)22)26-34(28,29)19-11-6-15-4-2-3-5-16(15)12-19/h2-12,20-23,26H,13-14H2,1H3,(H,25,27). The van der Waals surface area contributed by atoms with Gasteiger partial charge in [0.15, 0.2) is 6.10 Å². The van der Waals surface area contributed by atoms with Crippen molar-refractivity contribution < 1.29 is 32.2 Å². The van der Waals surface area contributed by atoms with Gasteiger partial charge < -0.3 is 18.9 Å². The number of methoxy groups -OCH3 is 1. The molecule has 3 aromatic rings. The van der Waals surface area contributed by atoms with E-state index < -0.39 is 40.5 Å². The monoisotopic (exact) mass is 484 g/mol. The molecule has 2 aliphatic rings. The maximum Gasteiger partial charge on any atom is 0.412 e. The lowest BCUT2D eigenvalue weighted by atomic mass is 10.1. The Hall–Kier alpha value is -3.18. The van der Waals surface area contributed by atoms with Crippen molar-refractivity contribution in [2.24, 2.45) is 0 Å². The Labute approximate surface area is 197 Å². The Balaban J connectivity index is 1.21. The van der Waals surface area contributed by atoms with Gasteiger partial charge in [-0.1, -0.05) is 30.3 Å². The third-order valence-electron chi connectivity index (χ3n) is 5.94. The SMILES string of the molecule is COc1ccc(NC(=O)OC2COC3C(NS(=O)(=O)c4ccc5ccccc5c4)COC23)cc1. The summed E-state index contributed by atoms with van der Waals surface area (Å²) in [5.41, 5.74) is 0.551. The second kappa shape index (κ2) is 9.22. The van der Waals surface area contributed by atoms with Crippen LogP contribution in [0.2, 0.25) is 0 Å². The van der Waals surface area contributed by atoms with E-state index >= 15 is 0 Å². The summed E-state index contributed by atoms with van der Waals surface area (Å²) in [5.74, 6) is 0.669. The number of amides is 1. The zero-order valence-electron chi connectivity index (χ0n) is 18.3. The number of fused-ring (bicyclic) bond motifs is 2. The summed E-state index contributed by atoms with van der Waals surface area (Å²) in [6.07, 6.45) is -2.43. The molecule has 1 amide bonds. The zero-order valence-corrected chi connectivity index (χ0v) is 19.2. The van der Waals surface area contributed by atoms with Crippen LogP contribution in [0.15, 0.2) is 71.6 Å². The van der Waals surface area contributed by atoms with Crippen LogP contribution >= 0.6 is 0 Å². The molecular formula is C24H24N2O7S. The average Bonchev–Trinajstić information content (AvgIpc) is 3.42. The Kier molecular flexibility index (Phi) is 6.13. The number of rotatable bonds is 6. The van der Waals surface area contributed by atoms with Crippen LogP contribution in [0.25, 0.3) is 10.8 Å². The van der Waals surface area contributed by atoms with Gasteiger partial charge in [0.2, 0.25) is 10.0 Å². The fourth-order valence-corrected chi connectivity index (χ4v) is 5.49. The van der Waals surface area contributed by atoms with Crippen LogP contribution in [0.3, 0.4) is 0 Å². The summed E-state index contributed by atoms with van der Waals surface area (Å²) >= 11 is 0. The quantitative estimate of drug-likeness (QED) is 0.553. The van der Waals surface area contributed by atoms with Gasteiger partial charge in [0.25, 0.3) is 0 Å². The molecule has 10 heteroatoms. The molecule has 2 heterocycles. The molecule has 0 spiro atoms. The van der Waals surface area contributed by atoms with Gasteiger partial charge >= 0.3 is 6.09 Å². The molecule has 0 aliphatic carbocycles. The molecule has 4 atom stereocenters. The summed E-state index contributed by atoms with van der Waals surface area (Å²) in [4.78, 5) is 12.5. The molecule has 2 aliphatic heterocycles. The normalized spacial score (nSPS) is 24.0. The highest BCUT2D eigenvalue weighted by atomic mass is 32.2. The lowest BCUT2D eigenvalue weighted by Crippen LogP contribution is -2.44. The van der Waals surface area contributed by atoms with Crippen molar-refractivity contribution in [1.82, 2.24) is 4.72 Å². The Bertz CT molecular complexity index is 1300. The van der Waals surface area contributed by atoms with E-state index in [0.717, 1.165) is 10.8 Å². The molecule has 2 N–H and O–H groups in total. The fraction of sp³-hybridized carbons (Fsp3) is 0.292. The first-order chi connectivity index (χ1) is 16.4.